The number of hydrogen-bond donors (Lipinski definition) is 2. The zero-order valence-corrected chi connectivity index (χ0v) is 17.8. The third kappa shape index (κ3) is 4.79. The highest BCUT2D eigenvalue weighted by atomic mass is 35.5. The summed E-state index contributed by atoms with van der Waals surface area (Å²) in [5.74, 6) is 2.11. The fraction of sp³-hybridized carbons (Fsp3) is 0.263. The molecule has 2 N–H and O–H groups in total. The number of aryl methyl sites for hydroxylation is 1. The normalized spacial score (nSPS) is 10.7. The molecule has 0 aliphatic rings. The third-order valence-electron chi connectivity index (χ3n) is 4.13. The van der Waals surface area contributed by atoms with Crippen LogP contribution < -0.4 is 14.9 Å². The van der Waals surface area contributed by atoms with Crippen molar-refractivity contribution in [2.24, 2.45) is 0 Å². The molecule has 0 spiro atoms. The first kappa shape index (κ1) is 20.5. The molecule has 0 atom stereocenters. The van der Waals surface area contributed by atoms with Crippen molar-refractivity contribution in [2.45, 2.75) is 26.5 Å². The van der Waals surface area contributed by atoms with Crippen LogP contribution in [-0.4, -0.2) is 22.0 Å². The molecule has 0 bridgehead atoms. The predicted molar refractivity (Wildman–Crippen MR) is 114 cm³/mol. The minimum atomic E-state index is 0.313. The van der Waals surface area contributed by atoms with Crippen LogP contribution in [-0.2, 0) is 19.6 Å². The number of H-pyrrole nitrogens is 1. The number of rotatable bonds is 8. The number of aromatic nitrogens is 3. The van der Waals surface area contributed by atoms with Gasteiger partial charge in [0.1, 0.15) is 6.61 Å². The number of hydrogen-bond acceptors (Lipinski definition) is 5. The Balaban J connectivity index is 1.69. The van der Waals surface area contributed by atoms with E-state index in [1.54, 1.807) is 23.9 Å². The van der Waals surface area contributed by atoms with Crippen molar-refractivity contribution in [1.29, 1.82) is 0 Å². The van der Waals surface area contributed by atoms with Gasteiger partial charge in [-0.15, -0.1) is 0 Å². The van der Waals surface area contributed by atoms with E-state index in [1.807, 2.05) is 31.2 Å². The summed E-state index contributed by atoms with van der Waals surface area (Å²) < 4.78 is 13.7. The summed E-state index contributed by atoms with van der Waals surface area (Å²) in [6, 6.07) is 11.1. The van der Waals surface area contributed by atoms with Gasteiger partial charge in [0.2, 0.25) is 4.77 Å². The standard InChI is InChI=1S/C19H20Cl2N4O2S/c1-3-18-23-24-19(28)25(18)22-10-12-4-7-16(17(8-12)26-2)27-11-13-5-6-14(20)9-15(13)21/h4-9,22H,3,10-11H2,1-2H3,(H,24,28). The molecule has 0 fully saturated rings. The van der Waals surface area contributed by atoms with Gasteiger partial charge in [0, 0.05) is 22.0 Å². The van der Waals surface area contributed by atoms with E-state index < -0.39 is 0 Å². The molecule has 28 heavy (non-hydrogen) atoms. The van der Waals surface area contributed by atoms with Gasteiger partial charge in [-0.2, -0.15) is 5.10 Å². The average molecular weight is 439 g/mol. The lowest BCUT2D eigenvalue weighted by Crippen LogP contribution is -2.17. The van der Waals surface area contributed by atoms with Gasteiger partial charge in [0.15, 0.2) is 17.3 Å². The monoisotopic (exact) mass is 438 g/mol. The SMILES string of the molecule is CCc1n[nH]c(=S)n1NCc1ccc(OCc2ccc(Cl)cc2Cl)c(OC)c1. The van der Waals surface area contributed by atoms with Crippen molar-refractivity contribution in [2.75, 3.05) is 12.5 Å². The highest BCUT2D eigenvalue weighted by Crippen LogP contribution is 2.30. The van der Waals surface area contributed by atoms with Crippen LogP contribution in [0.3, 0.4) is 0 Å². The Morgan fingerprint density at radius 1 is 1.18 bits per heavy atom. The molecule has 3 aromatic rings. The Morgan fingerprint density at radius 3 is 2.71 bits per heavy atom. The minimum absolute atomic E-state index is 0.313. The largest absolute Gasteiger partial charge is 0.493 e. The summed E-state index contributed by atoms with van der Waals surface area (Å²) >= 11 is 17.4. The summed E-state index contributed by atoms with van der Waals surface area (Å²) in [7, 11) is 1.61. The van der Waals surface area contributed by atoms with Crippen LogP contribution in [0.15, 0.2) is 36.4 Å². The van der Waals surface area contributed by atoms with Gasteiger partial charge in [-0.1, -0.05) is 42.3 Å². The number of benzene rings is 2. The maximum absolute atomic E-state index is 6.20. The van der Waals surface area contributed by atoms with Crippen molar-refractivity contribution in [3.05, 3.63) is 68.2 Å². The Bertz CT molecular complexity index is 1020. The van der Waals surface area contributed by atoms with E-state index in [0.717, 1.165) is 23.4 Å². The van der Waals surface area contributed by atoms with Crippen molar-refractivity contribution in [1.82, 2.24) is 14.9 Å². The second kappa shape index (κ2) is 9.32. The van der Waals surface area contributed by atoms with Crippen LogP contribution in [0.4, 0.5) is 0 Å². The molecule has 0 unspecified atom stereocenters. The van der Waals surface area contributed by atoms with Crippen molar-refractivity contribution in [3.63, 3.8) is 0 Å². The zero-order chi connectivity index (χ0) is 20.1. The molecule has 0 aliphatic heterocycles. The average Bonchev–Trinajstić information content (AvgIpc) is 3.05. The fourth-order valence-corrected chi connectivity index (χ4v) is 3.31. The molecule has 0 radical (unpaired) electrons. The van der Waals surface area contributed by atoms with E-state index in [1.165, 1.54) is 0 Å². The van der Waals surface area contributed by atoms with Crippen LogP contribution in [0.2, 0.25) is 10.0 Å². The van der Waals surface area contributed by atoms with E-state index in [2.05, 4.69) is 15.6 Å². The summed E-state index contributed by atoms with van der Waals surface area (Å²) in [6.07, 6.45) is 0.767. The van der Waals surface area contributed by atoms with Crippen LogP contribution in [0, 0.1) is 4.77 Å². The maximum atomic E-state index is 6.20. The molecule has 0 saturated carbocycles. The Kier molecular flexibility index (Phi) is 6.83. The zero-order valence-electron chi connectivity index (χ0n) is 15.5. The minimum Gasteiger partial charge on any atom is -0.493 e. The molecule has 1 aromatic heterocycles. The Morgan fingerprint density at radius 2 is 2.00 bits per heavy atom. The number of nitrogens with one attached hydrogen (secondary N) is 2. The van der Waals surface area contributed by atoms with Gasteiger partial charge in [0.05, 0.1) is 13.7 Å². The summed E-state index contributed by atoms with van der Waals surface area (Å²) in [4.78, 5) is 0. The third-order valence-corrected chi connectivity index (χ3v) is 4.99. The summed E-state index contributed by atoms with van der Waals surface area (Å²) in [5.41, 5.74) is 5.12. The summed E-state index contributed by atoms with van der Waals surface area (Å²) in [6.45, 7) is 2.89. The lowest BCUT2D eigenvalue weighted by atomic mass is 10.2. The number of ether oxygens (including phenoxy) is 2. The van der Waals surface area contributed by atoms with E-state index in [9.17, 15) is 0 Å². The molecule has 0 saturated heterocycles. The molecule has 3 rings (SSSR count). The lowest BCUT2D eigenvalue weighted by molar-refractivity contribution is 0.284. The number of halogens is 2. The van der Waals surface area contributed by atoms with E-state index in [-0.39, 0.29) is 0 Å². The first-order valence-electron chi connectivity index (χ1n) is 8.65. The first-order valence-corrected chi connectivity index (χ1v) is 9.82. The second-order valence-electron chi connectivity index (χ2n) is 5.98. The lowest BCUT2D eigenvalue weighted by Gasteiger charge is -2.14. The van der Waals surface area contributed by atoms with Gasteiger partial charge in [-0.3, -0.25) is 5.10 Å². The highest BCUT2D eigenvalue weighted by Gasteiger charge is 2.09. The van der Waals surface area contributed by atoms with Crippen molar-refractivity contribution in [3.8, 4) is 11.5 Å². The van der Waals surface area contributed by atoms with Crippen LogP contribution in [0.25, 0.3) is 0 Å². The molecule has 9 heteroatoms. The Labute approximate surface area is 178 Å². The van der Waals surface area contributed by atoms with Gasteiger partial charge in [-0.05, 0) is 42.0 Å². The maximum Gasteiger partial charge on any atom is 0.214 e. The van der Waals surface area contributed by atoms with Gasteiger partial charge >= 0.3 is 0 Å². The van der Waals surface area contributed by atoms with Crippen LogP contribution in [0.5, 0.6) is 11.5 Å². The van der Waals surface area contributed by atoms with Crippen LogP contribution in [0.1, 0.15) is 23.9 Å². The van der Waals surface area contributed by atoms with E-state index in [0.29, 0.717) is 39.5 Å². The topological polar surface area (TPSA) is 64.1 Å². The van der Waals surface area contributed by atoms with Gasteiger partial charge < -0.3 is 14.9 Å². The molecule has 6 nitrogen and oxygen atoms in total. The van der Waals surface area contributed by atoms with E-state index in [4.69, 9.17) is 44.9 Å². The van der Waals surface area contributed by atoms with Gasteiger partial charge in [-0.25, -0.2) is 4.68 Å². The smallest absolute Gasteiger partial charge is 0.214 e. The van der Waals surface area contributed by atoms with Gasteiger partial charge in [0.25, 0.3) is 0 Å². The van der Waals surface area contributed by atoms with Crippen LogP contribution >= 0.6 is 35.4 Å². The predicted octanol–water partition coefficient (Wildman–Crippen LogP) is 5.14. The quantitative estimate of drug-likeness (QED) is 0.476. The van der Waals surface area contributed by atoms with E-state index >= 15 is 0 Å². The molecule has 1 heterocycles. The second-order valence-corrected chi connectivity index (χ2v) is 7.21. The molecular weight excluding hydrogens is 419 g/mol. The van der Waals surface area contributed by atoms with Crippen molar-refractivity contribution >= 4 is 35.4 Å². The molecule has 0 amide bonds. The molecular formula is C19H20Cl2N4O2S. The summed E-state index contributed by atoms with van der Waals surface area (Å²) in [5, 5.41) is 8.12. The number of nitrogens with zero attached hydrogens (tertiary/aromatic N) is 2. The molecule has 2 aromatic carbocycles. The molecule has 148 valence electrons. The molecule has 0 aliphatic carbocycles. The highest BCUT2D eigenvalue weighted by molar-refractivity contribution is 7.71. The number of aromatic amines is 1. The fourth-order valence-electron chi connectivity index (χ4n) is 2.64. The Hall–Kier alpha value is -2.22. The first-order chi connectivity index (χ1) is 13.5. The number of methoxy groups -OCH3 is 1. The van der Waals surface area contributed by atoms with Crippen molar-refractivity contribution < 1.29 is 9.47 Å².